The van der Waals surface area contributed by atoms with E-state index in [0.717, 1.165) is 0 Å². The van der Waals surface area contributed by atoms with Crippen LogP contribution >= 0.6 is 0 Å². The Bertz CT molecular complexity index is 487. The Morgan fingerprint density at radius 2 is 1.72 bits per heavy atom. The van der Waals surface area contributed by atoms with Gasteiger partial charge in [-0.15, -0.1) is 0 Å². The first-order valence-electron chi connectivity index (χ1n) is 5.74. The standard InChI is InChI=1S/C14H16F3N/c1-6-9-10(13(2,3)4)7-8-11(18-5)12(9)14(15,16)17/h7-8H,6H2,1-4H3. The van der Waals surface area contributed by atoms with E-state index >= 15 is 0 Å². The van der Waals surface area contributed by atoms with E-state index in [-0.39, 0.29) is 23.1 Å². The number of benzene rings is 1. The second kappa shape index (κ2) is 4.64. The van der Waals surface area contributed by atoms with Gasteiger partial charge < -0.3 is 0 Å². The first kappa shape index (κ1) is 14.6. The fraction of sp³-hybridized carbons (Fsp3) is 0.500. The SMILES string of the molecule is [C-]#[N+]c1ccc(C(C)(C)C)c(CC)c1C(F)(F)F. The van der Waals surface area contributed by atoms with Crippen molar-refractivity contribution < 1.29 is 13.2 Å². The van der Waals surface area contributed by atoms with Gasteiger partial charge in [0.25, 0.3) is 0 Å². The highest BCUT2D eigenvalue weighted by Crippen LogP contribution is 2.42. The van der Waals surface area contributed by atoms with Crippen LogP contribution in [0.4, 0.5) is 18.9 Å². The van der Waals surface area contributed by atoms with Crippen molar-refractivity contribution in [1.82, 2.24) is 0 Å². The normalized spacial score (nSPS) is 12.3. The number of hydrogen-bond donors (Lipinski definition) is 0. The summed E-state index contributed by atoms with van der Waals surface area (Å²) in [5.74, 6) is 0. The molecule has 0 aliphatic carbocycles. The molecule has 0 bridgehead atoms. The zero-order chi connectivity index (χ0) is 14.1. The maximum atomic E-state index is 13.1. The predicted molar refractivity (Wildman–Crippen MR) is 65.8 cm³/mol. The second-order valence-corrected chi connectivity index (χ2v) is 5.20. The van der Waals surface area contributed by atoms with Crippen molar-refractivity contribution in [3.05, 3.63) is 40.2 Å². The molecule has 1 aromatic carbocycles. The van der Waals surface area contributed by atoms with Gasteiger partial charge in [0.2, 0.25) is 0 Å². The van der Waals surface area contributed by atoms with Crippen LogP contribution < -0.4 is 0 Å². The lowest BCUT2D eigenvalue weighted by Gasteiger charge is -2.26. The van der Waals surface area contributed by atoms with Crippen LogP contribution in [-0.2, 0) is 18.0 Å². The number of nitrogens with zero attached hydrogens (tertiary/aromatic N) is 1. The summed E-state index contributed by atoms with van der Waals surface area (Å²) < 4.78 is 39.3. The number of alkyl halides is 3. The van der Waals surface area contributed by atoms with Crippen molar-refractivity contribution in [2.24, 2.45) is 0 Å². The van der Waals surface area contributed by atoms with Crippen LogP contribution in [0.3, 0.4) is 0 Å². The highest BCUT2D eigenvalue weighted by Gasteiger charge is 2.37. The molecule has 98 valence electrons. The minimum absolute atomic E-state index is 0.239. The van der Waals surface area contributed by atoms with Crippen molar-refractivity contribution in [1.29, 1.82) is 0 Å². The van der Waals surface area contributed by atoms with Crippen molar-refractivity contribution >= 4 is 5.69 Å². The van der Waals surface area contributed by atoms with Crippen molar-refractivity contribution in [2.45, 2.75) is 45.7 Å². The van der Waals surface area contributed by atoms with E-state index in [1.165, 1.54) is 6.07 Å². The zero-order valence-corrected chi connectivity index (χ0v) is 10.9. The van der Waals surface area contributed by atoms with E-state index in [2.05, 4.69) is 4.85 Å². The summed E-state index contributed by atoms with van der Waals surface area (Å²) in [5, 5.41) is 0. The molecule has 4 heteroatoms. The summed E-state index contributed by atoms with van der Waals surface area (Å²) in [6.45, 7) is 14.2. The molecule has 0 heterocycles. The Balaban J connectivity index is 3.71. The topological polar surface area (TPSA) is 4.36 Å². The highest BCUT2D eigenvalue weighted by atomic mass is 19.4. The molecule has 0 aliphatic heterocycles. The lowest BCUT2D eigenvalue weighted by Crippen LogP contribution is -2.18. The third-order valence-corrected chi connectivity index (χ3v) is 2.86. The molecule has 1 aromatic rings. The molecule has 1 nitrogen and oxygen atoms in total. The molecule has 0 fully saturated rings. The van der Waals surface area contributed by atoms with Crippen LogP contribution in [-0.4, -0.2) is 0 Å². The van der Waals surface area contributed by atoms with Gasteiger partial charge >= 0.3 is 6.18 Å². The Kier molecular flexibility index (Phi) is 3.75. The fourth-order valence-corrected chi connectivity index (χ4v) is 2.11. The van der Waals surface area contributed by atoms with Crippen LogP contribution in [0.25, 0.3) is 4.85 Å². The zero-order valence-electron chi connectivity index (χ0n) is 10.9. The van der Waals surface area contributed by atoms with Gasteiger partial charge in [-0.3, -0.25) is 0 Å². The van der Waals surface area contributed by atoms with Gasteiger partial charge in [-0.05, 0) is 23.0 Å². The molecular weight excluding hydrogens is 239 g/mol. The van der Waals surface area contributed by atoms with Crippen molar-refractivity contribution in [3.63, 3.8) is 0 Å². The summed E-state index contributed by atoms with van der Waals surface area (Å²) >= 11 is 0. The minimum Gasteiger partial charge on any atom is -0.238 e. The lowest BCUT2D eigenvalue weighted by molar-refractivity contribution is -0.137. The van der Waals surface area contributed by atoms with Gasteiger partial charge in [-0.1, -0.05) is 39.8 Å². The third-order valence-electron chi connectivity index (χ3n) is 2.86. The Morgan fingerprint density at radius 3 is 2.06 bits per heavy atom. The summed E-state index contributed by atoms with van der Waals surface area (Å²) in [5.41, 5.74) is -0.556. The molecule has 0 saturated heterocycles. The van der Waals surface area contributed by atoms with Gasteiger partial charge in [0.1, 0.15) is 0 Å². The third kappa shape index (κ3) is 2.66. The largest absolute Gasteiger partial charge is 0.407 e. The van der Waals surface area contributed by atoms with Crippen molar-refractivity contribution in [2.75, 3.05) is 0 Å². The molecule has 0 aromatic heterocycles. The fourth-order valence-electron chi connectivity index (χ4n) is 2.11. The molecule has 0 atom stereocenters. The minimum atomic E-state index is -4.48. The summed E-state index contributed by atoms with van der Waals surface area (Å²) in [4.78, 5) is 3.00. The van der Waals surface area contributed by atoms with Gasteiger partial charge in [0, 0.05) is 0 Å². The van der Waals surface area contributed by atoms with E-state index in [1.54, 1.807) is 13.0 Å². The van der Waals surface area contributed by atoms with Crippen LogP contribution in [0.2, 0.25) is 0 Å². The van der Waals surface area contributed by atoms with E-state index in [9.17, 15) is 13.2 Å². The maximum Gasteiger partial charge on any atom is 0.407 e. The quantitative estimate of drug-likeness (QED) is 0.614. The van der Waals surface area contributed by atoms with Crippen molar-refractivity contribution in [3.8, 4) is 0 Å². The summed E-state index contributed by atoms with van der Waals surface area (Å²) in [7, 11) is 0. The lowest BCUT2D eigenvalue weighted by atomic mass is 9.81. The molecular formula is C14H16F3N. The first-order valence-corrected chi connectivity index (χ1v) is 5.74. The average molecular weight is 255 g/mol. The van der Waals surface area contributed by atoms with Gasteiger partial charge in [0.05, 0.1) is 12.1 Å². The monoisotopic (exact) mass is 255 g/mol. The highest BCUT2D eigenvalue weighted by molar-refractivity contribution is 5.60. The Labute approximate surface area is 105 Å². The molecule has 1 rings (SSSR count). The van der Waals surface area contributed by atoms with E-state index < -0.39 is 11.7 Å². The van der Waals surface area contributed by atoms with E-state index in [0.29, 0.717) is 5.56 Å². The molecule has 0 saturated carbocycles. The van der Waals surface area contributed by atoms with E-state index in [4.69, 9.17) is 6.57 Å². The van der Waals surface area contributed by atoms with E-state index in [1.807, 2.05) is 20.8 Å². The molecule has 0 amide bonds. The smallest absolute Gasteiger partial charge is 0.238 e. The second-order valence-electron chi connectivity index (χ2n) is 5.20. The van der Waals surface area contributed by atoms with Crippen LogP contribution in [0.5, 0.6) is 0 Å². The van der Waals surface area contributed by atoms with Crippen LogP contribution in [0.15, 0.2) is 12.1 Å². The number of rotatable bonds is 1. The molecule has 0 aliphatic rings. The molecule has 0 radical (unpaired) electrons. The van der Waals surface area contributed by atoms with Crippen LogP contribution in [0, 0.1) is 6.57 Å². The molecule has 0 unspecified atom stereocenters. The number of hydrogen-bond acceptors (Lipinski definition) is 0. The first-order chi connectivity index (χ1) is 8.12. The summed E-state index contributed by atoms with van der Waals surface area (Å²) in [6, 6.07) is 2.91. The Hall–Kier alpha value is -1.50. The molecule has 0 spiro atoms. The van der Waals surface area contributed by atoms with Gasteiger partial charge in [-0.25, -0.2) is 4.85 Å². The van der Waals surface area contributed by atoms with Gasteiger partial charge in [0.15, 0.2) is 5.69 Å². The summed E-state index contributed by atoms with van der Waals surface area (Å²) in [6.07, 6.45) is -4.21. The number of halogens is 3. The Morgan fingerprint density at radius 1 is 1.17 bits per heavy atom. The molecule has 18 heavy (non-hydrogen) atoms. The molecule has 0 N–H and O–H groups in total. The predicted octanol–water partition coefficient (Wildman–Crippen LogP) is 5.12. The average Bonchev–Trinajstić information content (AvgIpc) is 2.24. The van der Waals surface area contributed by atoms with Gasteiger partial charge in [-0.2, -0.15) is 13.2 Å². The van der Waals surface area contributed by atoms with Crippen LogP contribution in [0.1, 0.15) is 44.4 Å². The maximum absolute atomic E-state index is 13.1.